The fourth-order valence-electron chi connectivity index (χ4n) is 2.21. The lowest BCUT2D eigenvalue weighted by atomic mass is 10.1. The highest BCUT2D eigenvalue weighted by Gasteiger charge is 2.15. The van der Waals surface area contributed by atoms with E-state index in [1.807, 2.05) is 18.2 Å². The number of benzene rings is 1. The molecule has 4 nitrogen and oxygen atoms in total. The first-order valence-electron chi connectivity index (χ1n) is 6.61. The molecule has 5 heteroatoms. The molecular formula is C16H14FN3O. The summed E-state index contributed by atoms with van der Waals surface area (Å²) < 4.78 is 15.5. The molecule has 1 atom stereocenters. The molecule has 0 unspecified atom stereocenters. The smallest absolute Gasteiger partial charge is 0.158 e. The summed E-state index contributed by atoms with van der Waals surface area (Å²) in [5.41, 5.74) is 0.987. The number of rotatable bonds is 4. The van der Waals surface area contributed by atoms with Crippen molar-refractivity contribution in [3.63, 3.8) is 0 Å². The molecule has 0 aliphatic heterocycles. The maximum Gasteiger partial charge on any atom is 0.158 e. The maximum atomic E-state index is 13.7. The van der Waals surface area contributed by atoms with Crippen LogP contribution in [0.5, 0.6) is 0 Å². The van der Waals surface area contributed by atoms with E-state index in [9.17, 15) is 9.50 Å². The lowest BCUT2D eigenvalue weighted by Crippen LogP contribution is -2.11. The molecular weight excluding hydrogens is 269 g/mol. The standard InChI is InChI=1S/C16H14FN3O/c17-13-6-2-1-5-12(13)15(21)11-20-10-9-19-16(20)14-7-3-4-8-18-14/h1-10,15,21H,11H2/t15-/m1/s1. The fraction of sp³-hybridized carbons (Fsp3) is 0.125. The van der Waals surface area contributed by atoms with Gasteiger partial charge < -0.3 is 9.67 Å². The zero-order valence-electron chi connectivity index (χ0n) is 11.2. The highest BCUT2D eigenvalue weighted by Crippen LogP contribution is 2.21. The Morgan fingerprint density at radius 1 is 1.05 bits per heavy atom. The minimum absolute atomic E-state index is 0.215. The van der Waals surface area contributed by atoms with Gasteiger partial charge >= 0.3 is 0 Å². The van der Waals surface area contributed by atoms with Crippen molar-refractivity contribution in [1.29, 1.82) is 0 Å². The van der Waals surface area contributed by atoms with Gasteiger partial charge in [-0.1, -0.05) is 24.3 Å². The molecule has 0 spiro atoms. The van der Waals surface area contributed by atoms with E-state index >= 15 is 0 Å². The molecule has 2 heterocycles. The van der Waals surface area contributed by atoms with E-state index in [4.69, 9.17) is 0 Å². The summed E-state index contributed by atoms with van der Waals surface area (Å²) >= 11 is 0. The molecule has 2 aromatic heterocycles. The van der Waals surface area contributed by atoms with Gasteiger partial charge in [0.1, 0.15) is 11.5 Å². The molecule has 0 saturated carbocycles. The molecule has 3 aromatic rings. The number of aromatic nitrogens is 3. The number of pyridine rings is 1. The first kappa shape index (κ1) is 13.5. The molecule has 0 radical (unpaired) electrons. The van der Waals surface area contributed by atoms with Gasteiger partial charge in [-0.15, -0.1) is 0 Å². The van der Waals surface area contributed by atoms with E-state index < -0.39 is 11.9 Å². The summed E-state index contributed by atoms with van der Waals surface area (Å²) in [6.45, 7) is 0.215. The average molecular weight is 283 g/mol. The Hall–Kier alpha value is -2.53. The van der Waals surface area contributed by atoms with Gasteiger partial charge in [-0.25, -0.2) is 9.37 Å². The van der Waals surface area contributed by atoms with E-state index in [0.29, 0.717) is 11.5 Å². The van der Waals surface area contributed by atoms with Crippen LogP contribution in [0.3, 0.4) is 0 Å². The van der Waals surface area contributed by atoms with Gasteiger partial charge in [0.2, 0.25) is 0 Å². The van der Waals surface area contributed by atoms with Crippen LogP contribution in [0.1, 0.15) is 11.7 Å². The molecule has 0 amide bonds. The third-order valence-electron chi connectivity index (χ3n) is 3.24. The number of aliphatic hydroxyl groups excluding tert-OH is 1. The van der Waals surface area contributed by atoms with Crippen LogP contribution in [0.15, 0.2) is 61.1 Å². The summed E-state index contributed by atoms with van der Waals surface area (Å²) in [6, 6.07) is 11.8. The predicted octanol–water partition coefficient (Wildman–Crippen LogP) is 2.82. The summed E-state index contributed by atoms with van der Waals surface area (Å²) in [6.07, 6.45) is 4.12. The van der Waals surface area contributed by atoms with Gasteiger partial charge in [-0.05, 0) is 18.2 Å². The van der Waals surface area contributed by atoms with Crippen molar-refractivity contribution < 1.29 is 9.50 Å². The van der Waals surface area contributed by atoms with Crippen LogP contribution in [0.4, 0.5) is 4.39 Å². The lowest BCUT2D eigenvalue weighted by Gasteiger charge is -2.14. The normalized spacial score (nSPS) is 12.3. The first-order valence-corrected chi connectivity index (χ1v) is 6.61. The summed E-state index contributed by atoms with van der Waals surface area (Å²) in [5, 5.41) is 10.2. The van der Waals surface area contributed by atoms with Crippen LogP contribution < -0.4 is 0 Å². The summed E-state index contributed by atoms with van der Waals surface area (Å²) in [5.74, 6) is 0.232. The van der Waals surface area contributed by atoms with Crippen molar-refractivity contribution in [3.8, 4) is 11.5 Å². The predicted molar refractivity (Wildman–Crippen MR) is 76.8 cm³/mol. The third kappa shape index (κ3) is 2.83. The van der Waals surface area contributed by atoms with Gasteiger partial charge in [-0.3, -0.25) is 4.98 Å². The van der Waals surface area contributed by atoms with Crippen molar-refractivity contribution in [2.75, 3.05) is 0 Å². The highest BCUT2D eigenvalue weighted by molar-refractivity contribution is 5.49. The van der Waals surface area contributed by atoms with E-state index in [0.717, 1.165) is 0 Å². The molecule has 1 aromatic carbocycles. The van der Waals surface area contributed by atoms with Gasteiger partial charge in [-0.2, -0.15) is 0 Å². The maximum absolute atomic E-state index is 13.7. The Morgan fingerprint density at radius 3 is 2.62 bits per heavy atom. The number of hydrogen-bond donors (Lipinski definition) is 1. The Morgan fingerprint density at radius 2 is 1.86 bits per heavy atom. The highest BCUT2D eigenvalue weighted by atomic mass is 19.1. The van der Waals surface area contributed by atoms with Crippen molar-refractivity contribution in [2.24, 2.45) is 0 Å². The van der Waals surface area contributed by atoms with Crippen molar-refractivity contribution in [3.05, 3.63) is 72.4 Å². The van der Waals surface area contributed by atoms with Crippen LogP contribution >= 0.6 is 0 Å². The van der Waals surface area contributed by atoms with Gasteiger partial charge in [0.15, 0.2) is 5.82 Å². The van der Waals surface area contributed by atoms with Crippen LogP contribution in [0.2, 0.25) is 0 Å². The summed E-state index contributed by atoms with van der Waals surface area (Å²) in [4.78, 5) is 8.49. The molecule has 1 N–H and O–H groups in total. The SMILES string of the molecule is O[C@H](Cn1ccnc1-c1ccccn1)c1ccccc1F. The van der Waals surface area contributed by atoms with Crippen molar-refractivity contribution in [1.82, 2.24) is 14.5 Å². The van der Waals surface area contributed by atoms with E-state index in [1.165, 1.54) is 6.07 Å². The zero-order chi connectivity index (χ0) is 14.7. The number of nitrogens with zero attached hydrogens (tertiary/aromatic N) is 3. The van der Waals surface area contributed by atoms with Gasteiger partial charge in [0.05, 0.1) is 12.6 Å². The summed E-state index contributed by atoms with van der Waals surface area (Å²) in [7, 11) is 0. The van der Waals surface area contributed by atoms with Crippen LogP contribution in [-0.4, -0.2) is 19.6 Å². The molecule has 0 fully saturated rings. The molecule has 106 valence electrons. The van der Waals surface area contributed by atoms with Crippen molar-refractivity contribution in [2.45, 2.75) is 12.6 Å². The minimum atomic E-state index is -0.942. The largest absolute Gasteiger partial charge is 0.386 e. The van der Waals surface area contributed by atoms with Gasteiger partial charge in [0.25, 0.3) is 0 Å². The Kier molecular flexibility index (Phi) is 3.75. The topological polar surface area (TPSA) is 50.9 Å². The van der Waals surface area contributed by atoms with E-state index in [2.05, 4.69) is 9.97 Å². The number of imidazole rings is 1. The van der Waals surface area contributed by atoms with Crippen LogP contribution in [0, 0.1) is 5.82 Å². The van der Waals surface area contributed by atoms with E-state index in [-0.39, 0.29) is 12.1 Å². The number of halogens is 1. The molecule has 0 aliphatic rings. The van der Waals surface area contributed by atoms with Crippen molar-refractivity contribution >= 4 is 0 Å². The molecule has 0 saturated heterocycles. The number of aliphatic hydroxyl groups is 1. The van der Waals surface area contributed by atoms with Gasteiger partial charge in [0, 0.05) is 24.2 Å². The first-order chi connectivity index (χ1) is 10.3. The Bertz CT molecular complexity index is 727. The van der Waals surface area contributed by atoms with E-state index in [1.54, 1.807) is 41.4 Å². The molecule has 0 bridgehead atoms. The molecule has 3 rings (SSSR count). The third-order valence-corrected chi connectivity index (χ3v) is 3.24. The number of hydrogen-bond acceptors (Lipinski definition) is 3. The van der Waals surface area contributed by atoms with Crippen LogP contribution in [-0.2, 0) is 6.54 Å². The Labute approximate surface area is 121 Å². The average Bonchev–Trinajstić information content (AvgIpc) is 2.96. The second kappa shape index (κ2) is 5.85. The molecule has 21 heavy (non-hydrogen) atoms. The quantitative estimate of drug-likeness (QED) is 0.801. The monoisotopic (exact) mass is 283 g/mol. The lowest BCUT2D eigenvalue weighted by molar-refractivity contribution is 0.152. The second-order valence-electron chi connectivity index (χ2n) is 4.66. The fourth-order valence-corrected chi connectivity index (χ4v) is 2.21. The second-order valence-corrected chi connectivity index (χ2v) is 4.66. The zero-order valence-corrected chi connectivity index (χ0v) is 11.2. The van der Waals surface area contributed by atoms with Crippen LogP contribution in [0.25, 0.3) is 11.5 Å². The minimum Gasteiger partial charge on any atom is -0.386 e. The Balaban J connectivity index is 1.87. The molecule has 0 aliphatic carbocycles.